The molecule has 0 atom stereocenters. The summed E-state index contributed by atoms with van der Waals surface area (Å²) in [5, 5.41) is 2.91. The minimum absolute atomic E-state index is 0.000440. The van der Waals surface area contributed by atoms with E-state index in [2.05, 4.69) is 35.1 Å². The lowest BCUT2D eigenvalue weighted by Gasteiger charge is -2.18. The fourth-order valence-electron chi connectivity index (χ4n) is 1.82. The van der Waals surface area contributed by atoms with Crippen LogP contribution in [0.3, 0.4) is 0 Å². The molecule has 20 heavy (non-hydrogen) atoms. The summed E-state index contributed by atoms with van der Waals surface area (Å²) in [5.41, 5.74) is 1.92. The highest BCUT2D eigenvalue weighted by Crippen LogP contribution is 2.30. The summed E-state index contributed by atoms with van der Waals surface area (Å²) in [6, 6.07) is 5.95. The number of rotatable bonds is 6. The normalized spacial score (nSPS) is 11.6. The maximum Gasteiger partial charge on any atom is 0.227 e. The Kier molecular flexibility index (Phi) is 6.06. The third-order valence-electron chi connectivity index (χ3n) is 2.75. The molecule has 3 nitrogen and oxygen atoms in total. The van der Waals surface area contributed by atoms with Gasteiger partial charge in [0.15, 0.2) is 0 Å². The fraction of sp³-hybridized carbons (Fsp3) is 0.562. The smallest absolute Gasteiger partial charge is 0.227 e. The molecule has 0 radical (unpaired) electrons. The van der Waals surface area contributed by atoms with Gasteiger partial charge in [-0.15, -0.1) is 0 Å². The van der Waals surface area contributed by atoms with E-state index < -0.39 is 0 Å². The molecule has 1 aromatic carbocycles. The monoisotopic (exact) mass is 341 g/mol. The third-order valence-corrected chi connectivity index (χ3v) is 3.03. The number of nitrogens with one attached hydrogen (secondary N) is 1. The lowest BCUT2D eigenvalue weighted by atomic mass is 10.0. The minimum Gasteiger partial charge on any atom is -0.492 e. The van der Waals surface area contributed by atoms with E-state index in [1.807, 2.05) is 39.0 Å². The first-order valence-corrected chi connectivity index (χ1v) is 7.77. The van der Waals surface area contributed by atoms with Crippen molar-refractivity contribution >= 4 is 27.5 Å². The van der Waals surface area contributed by atoms with Gasteiger partial charge >= 0.3 is 0 Å². The third kappa shape index (κ3) is 5.53. The Morgan fingerprint density at radius 2 is 2.05 bits per heavy atom. The lowest BCUT2D eigenvalue weighted by Crippen LogP contribution is -2.19. The van der Waals surface area contributed by atoms with Crippen LogP contribution in [0.5, 0.6) is 5.75 Å². The van der Waals surface area contributed by atoms with Crippen molar-refractivity contribution in [1.82, 2.24) is 0 Å². The molecule has 0 spiro atoms. The first kappa shape index (κ1) is 17.0. The zero-order valence-electron chi connectivity index (χ0n) is 12.9. The van der Waals surface area contributed by atoms with Crippen LogP contribution in [0.15, 0.2) is 18.2 Å². The van der Waals surface area contributed by atoms with Gasteiger partial charge in [0.25, 0.3) is 0 Å². The summed E-state index contributed by atoms with van der Waals surface area (Å²) in [6.07, 6.45) is 0.894. The SMILES string of the molecule is CCOc1cc(CC(C)(C)Br)ccc1NC(=O)C(C)C. The molecule has 0 aliphatic heterocycles. The van der Waals surface area contributed by atoms with E-state index in [4.69, 9.17) is 4.74 Å². The highest BCUT2D eigenvalue weighted by atomic mass is 79.9. The Bertz CT molecular complexity index is 464. The molecule has 1 N–H and O–H groups in total. The molecule has 0 heterocycles. The molecule has 0 aromatic heterocycles. The van der Waals surface area contributed by atoms with E-state index in [1.165, 1.54) is 5.56 Å². The molecule has 0 saturated heterocycles. The van der Waals surface area contributed by atoms with Crippen LogP contribution in [0, 0.1) is 5.92 Å². The van der Waals surface area contributed by atoms with Gasteiger partial charge in [0.05, 0.1) is 12.3 Å². The second kappa shape index (κ2) is 7.11. The number of amides is 1. The van der Waals surface area contributed by atoms with Crippen molar-refractivity contribution in [3.8, 4) is 5.75 Å². The fourth-order valence-corrected chi connectivity index (χ4v) is 2.14. The summed E-state index contributed by atoms with van der Waals surface area (Å²) in [7, 11) is 0. The quantitative estimate of drug-likeness (QED) is 0.779. The highest BCUT2D eigenvalue weighted by molar-refractivity contribution is 9.10. The number of alkyl halides is 1. The van der Waals surface area contributed by atoms with Crippen LogP contribution in [0.4, 0.5) is 5.69 Å². The number of hydrogen-bond donors (Lipinski definition) is 1. The van der Waals surface area contributed by atoms with Gasteiger partial charge in [0, 0.05) is 10.2 Å². The van der Waals surface area contributed by atoms with Gasteiger partial charge < -0.3 is 10.1 Å². The van der Waals surface area contributed by atoms with Crippen LogP contribution in [-0.4, -0.2) is 16.8 Å². The zero-order chi connectivity index (χ0) is 15.3. The number of anilines is 1. The van der Waals surface area contributed by atoms with E-state index in [1.54, 1.807) is 0 Å². The first-order chi connectivity index (χ1) is 9.23. The number of hydrogen-bond acceptors (Lipinski definition) is 2. The molecule has 1 amide bonds. The van der Waals surface area contributed by atoms with Gasteiger partial charge in [-0.05, 0) is 44.9 Å². The maximum absolute atomic E-state index is 11.8. The first-order valence-electron chi connectivity index (χ1n) is 6.98. The van der Waals surface area contributed by atoms with Gasteiger partial charge in [-0.2, -0.15) is 0 Å². The molecule has 112 valence electrons. The van der Waals surface area contributed by atoms with Crippen molar-refractivity contribution < 1.29 is 9.53 Å². The van der Waals surface area contributed by atoms with Crippen molar-refractivity contribution in [2.75, 3.05) is 11.9 Å². The van der Waals surface area contributed by atoms with E-state index in [0.717, 1.165) is 17.9 Å². The number of benzene rings is 1. The van der Waals surface area contributed by atoms with E-state index >= 15 is 0 Å². The predicted octanol–water partition coefficient (Wildman–Crippen LogP) is 4.40. The molecule has 0 saturated carbocycles. The number of halogens is 1. The number of carbonyl (C=O) groups excluding carboxylic acids is 1. The summed E-state index contributed by atoms with van der Waals surface area (Å²) in [4.78, 5) is 11.8. The van der Waals surface area contributed by atoms with E-state index in [0.29, 0.717) is 6.61 Å². The second-order valence-corrected chi connectivity index (χ2v) is 7.95. The molecule has 0 aliphatic carbocycles. The maximum atomic E-state index is 11.8. The van der Waals surface area contributed by atoms with Gasteiger partial charge in [-0.1, -0.05) is 35.8 Å². The molecule has 1 rings (SSSR count). The topological polar surface area (TPSA) is 38.3 Å². The van der Waals surface area contributed by atoms with Crippen molar-refractivity contribution in [2.24, 2.45) is 5.92 Å². The van der Waals surface area contributed by atoms with Crippen LogP contribution in [0.2, 0.25) is 0 Å². The van der Waals surface area contributed by atoms with Crippen molar-refractivity contribution in [3.63, 3.8) is 0 Å². The molecule has 1 aromatic rings. The van der Waals surface area contributed by atoms with Gasteiger partial charge in [0.2, 0.25) is 5.91 Å². The van der Waals surface area contributed by atoms with Gasteiger partial charge in [-0.25, -0.2) is 0 Å². The van der Waals surface area contributed by atoms with Gasteiger partial charge in [-0.3, -0.25) is 4.79 Å². The molecule has 0 bridgehead atoms. The number of carbonyl (C=O) groups is 1. The van der Waals surface area contributed by atoms with Gasteiger partial charge in [0.1, 0.15) is 5.75 Å². The van der Waals surface area contributed by atoms with Crippen LogP contribution >= 0.6 is 15.9 Å². The lowest BCUT2D eigenvalue weighted by molar-refractivity contribution is -0.118. The standard InChI is InChI=1S/C16H24BrNO2/c1-6-20-14-9-12(10-16(4,5)17)7-8-13(14)18-15(19)11(2)3/h7-9,11H,6,10H2,1-5H3,(H,18,19). The Labute approximate surface area is 130 Å². The molecular weight excluding hydrogens is 318 g/mol. The van der Waals surface area contributed by atoms with Crippen molar-refractivity contribution in [1.29, 1.82) is 0 Å². The largest absolute Gasteiger partial charge is 0.492 e. The summed E-state index contributed by atoms with van der Waals surface area (Å²) < 4.78 is 5.68. The Balaban J connectivity index is 2.98. The zero-order valence-corrected chi connectivity index (χ0v) is 14.5. The Morgan fingerprint density at radius 1 is 1.40 bits per heavy atom. The summed E-state index contributed by atoms with van der Waals surface area (Å²) in [6.45, 7) is 10.5. The van der Waals surface area contributed by atoms with E-state index in [-0.39, 0.29) is 16.1 Å². The molecular formula is C16H24BrNO2. The Hall–Kier alpha value is -1.03. The van der Waals surface area contributed by atoms with Crippen LogP contribution in [-0.2, 0) is 11.2 Å². The molecule has 4 heteroatoms. The van der Waals surface area contributed by atoms with Crippen LogP contribution < -0.4 is 10.1 Å². The second-order valence-electron chi connectivity index (χ2n) is 5.80. The highest BCUT2D eigenvalue weighted by Gasteiger charge is 2.16. The average Bonchev–Trinajstić information content (AvgIpc) is 2.30. The predicted molar refractivity (Wildman–Crippen MR) is 87.8 cm³/mol. The number of ether oxygens (including phenoxy) is 1. The Morgan fingerprint density at radius 3 is 2.55 bits per heavy atom. The molecule has 0 aliphatic rings. The average molecular weight is 342 g/mol. The van der Waals surface area contributed by atoms with E-state index in [9.17, 15) is 4.79 Å². The summed E-state index contributed by atoms with van der Waals surface area (Å²) in [5.74, 6) is 0.681. The molecule has 0 unspecified atom stereocenters. The summed E-state index contributed by atoms with van der Waals surface area (Å²) >= 11 is 3.65. The van der Waals surface area contributed by atoms with Crippen LogP contribution in [0.25, 0.3) is 0 Å². The minimum atomic E-state index is -0.0503. The van der Waals surface area contributed by atoms with Crippen molar-refractivity contribution in [3.05, 3.63) is 23.8 Å². The molecule has 0 fully saturated rings. The van der Waals surface area contributed by atoms with Crippen LogP contribution in [0.1, 0.15) is 40.2 Å². The van der Waals surface area contributed by atoms with Crippen molar-refractivity contribution in [2.45, 2.75) is 45.4 Å².